The molecule has 0 amide bonds. The van der Waals surface area contributed by atoms with Gasteiger partial charge in [0.1, 0.15) is 0 Å². The summed E-state index contributed by atoms with van der Waals surface area (Å²) in [5.74, 6) is 0. The van der Waals surface area contributed by atoms with E-state index < -0.39 is 0 Å². The molecule has 0 aromatic heterocycles. The van der Waals surface area contributed by atoms with Gasteiger partial charge in [-0.15, -0.1) is 0 Å². The topological polar surface area (TPSA) is 24.5 Å². The molecule has 19 heavy (non-hydrogen) atoms. The standard InChI is InChI=1S/C16H26N2O/c1-3-19-15-9-11-18(12-10-15)13-16(17-2)14-7-5-4-6-8-14/h4-8,15-17H,3,9-13H2,1-2H3. The van der Waals surface area contributed by atoms with Gasteiger partial charge in [-0.25, -0.2) is 0 Å². The molecule has 2 rings (SSSR count). The molecule has 1 heterocycles. The summed E-state index contributed by atoms with van der Waals surface area (Å²) >= 11 is 0. The lowest BCUT2D eigenvalue weighted by molar-refractivity contribution is 0.0125. The third-order valence-corrected chi connectivity index (χ3v) is 3.93. The van der Waals surface area contributed by atoms with Crippen LogP contribution in [0, 0.1) is 0 Å². The molecule has 0 bridgehead atoms. The minimum atomic E-state index is 0.421. The van der Waals surface area contributed by atoms with Crippen LogP contribution in [-0.4, -0.2) is 44.3 Å². The van der Waals surface area contributed by atoms with E-state index in [1.807, 2.05) is 7.05 Å². The van der Waals surface area contributed by atoms with Gasteiger partial charge in [-0.2, -0.15) is 0 Å². The van der Waals surface area contributed by atoms with E-state index >= 15 is 0 Å². The minimum absolute atomic E-state index is 0.421. The summed E-state index contributed by atoms with van der Waals surface area (Å²) in [6, 6.07) is 11.1. The van der Waals surface area contributed by atoms with E-state index in [-0.39, 0.29) is 0 Å². The molecular weight excluding hydrogens is 236 g/mol. The predicted molar refractivity (Wildman–Crippen MR) is 79.3 cm³/mol. The van der Waals surface area contributed by atoms with Crippen LogP contribution in [0.5, 0.6) is 0 Å². The molecule has 0 radical (unpaired) electrons. The second kappa shape index (κ2) is 7.63. The van der Waals surface area contributed by atoms with Gasteiger partial charge in [-0.05, 0) is 32.4 Å². The first-order valence-electron chi connectivity index (χ1n) is 7.39. The number of likely N-dealkylation sites (N-methyl/N-ethyl adjacent to an activating group) is 1. The van der Waals surface area contributed by atoms with Gasteiger partial charge in [0.15, 0.2) is 0 Å². The molecule has 0 saturated carbocycles. The summed E-state index contributed by atoms with van der Waals surface area (Å²) in [5.41, 5.74) is 1.37. The molecule has 1 N–H and O–H groups in total. The highest BCUT2D eigenvalue weighted by atomic mass is 16.5. The largest absolute Gasteiger partial charge is 0.378 e. The Balaban J connectivity index is 1.84. The second-order valence-electron chi connectivity index (χ2n) is 5.21. The van der Waals surface area contributed by atoms with Gasteiger partial charge < -0.3 is 15.0 Å². The fourth-order valence-corrected chi connectivity index (χ4v) is 2.80. The number of piperidine rings is 1. The van der Waals surface area contributed by atoms with Crippen molar-refractivity contribution in [3.8, 4) is 0 Å². The molecule has 1 aliphatic heterocycles. The van der Waals surface area contributed by atoms with Gasteiger partial charge in [0.25, 0.3) is 0 Å². The maximum absolute atomic E-state index is 5.70. The maximum atomic E-state index is 5.70. The van der Waals surface area contributed by atoms with Gasteiger partial charge in [-0.1, -0.05) is 30.3 Å². The summed E-state index contributed by atoms with van der Waals surface area (Å²) < 4.78 is 5.70. The van der Waals surface area contributed by atoms with Crippen molar-refractivity contribution in [1.29, 1.82) is 0 Å². The van der Waals surface area contributed by atoms with Crippen LogP contribution in [0.15, 0.2) is 30.3 Å². The Morgan fingerprint density at radius 1 is 1.26 bits per heavy atom. The van der Waals surface area contributed by atoms with Crippen LogP contribution in [0.3, 0.4) is 0 Å². The first-order valence-corrected chi connectivity index (χ1v) is 7.39. The number of rotatable bonds is 6. The number of ether oxygens (including phenoxy) is 1. The van der Waals surface area contributed by atoms with E-state index in [9.17, 15) is 0 Å². The van der Waals surface area contributed by atoms with Crippen molar-refractivity contribution in [2.75, 3.05) is 33.3 Å². The number of hydrogen-bond donors (Lipinski definition) is 1. The molecule has 3 heteroatoms. The zero-order valence-corrected chi connectivity index (χ0v) is 12.1. The van der Waals surface area contributed by atoms with Gasteiger partial charge in [0.2, 0.25) is 0 Å². The van der Waals surface area contributed by atoms with Crippen molar-refractivity contribution >= 4 is 0 Å². The van der Waals surface area contributed by atoms with Crippen LogP contribution in [0.25, 0.3) is 0 Å². The fraction of sp³-hybridized carbons (Fsp3) is 0.625. The van der Waals surface area contributed by atoms with Crippen molar-refractivity contribution < 1.29 is 4.74 Å². The Hall–Kier alpha value is -0.900. The quantitative estimate of drug-likeness (QED) is 0.852. The SMILES string of the molecule is CCOC1CCN(CC(NC)c2ccccc2)CC1. The molecule has 1 aliphatic rings. The van der Waals surface area contributed by atoms with Gasteiger partial charge in [-0.3, -0.25) is 0 Å². The van der Waals surface area contributed by atoms with Crippen molar-refractivity contribution in [2.45, 2.75) is 31.9 Å². The first-order chi connectivity index (χ1) is 9.33. The van der Waals surface area contributed by atoms with Gasteiger partial charge in [0.05, 0.1) is 6.10 Å². The molecule has 1 aromatic carbocycles. The fourth-order valence-electron chi connectivity index (χ4n) is 2.80. The summed E-state index contributed by atoms with van der Waals surface area (Å²) in [6.07, 6.45) is 2.81. The number of hydrogen-bond acceptors (Lipinski definition) is 3. The van der Waals surface area contributed by atoms with Crippen LogP contribution in [0.4, 0.5) is 0 Å². The molecule has 1 saturated heterocycles. The van der Waals surface area contributed by atoms with Crippen molar-refractivity contribution in [3.63, 3.8) is 0 Å². The summed E-state index contributed by atoms with van der Waals surface area (Å²) in [4.78, 5) is 2.55. The van der Waals surface area contributed by atoms with E-state index in [2.05, 4.69) is 47.5 Å². The number of nitrogens with zero attached hydrogens (tertiary/aromatic N) is 1. The van der Waals surface area contributed by atoms with Crippen molar-refractivity contribution in [1.82, 2.24) is 10.2 Å². The molecular formula is C16H26N2O. The second-order valence-corrected chi connectivity index (χ2v) is 5.21. The Morgan fingerprint density at radius 2 is 1.95 bits per heavy atom. The highest BCUT2D eigenvalue weighted by Crippen LogP contribution is 2.18. The van der Waals surface area contributed by atoms with Crippen LogP contribution in [-0.2, 0) is 4.74 Å². The van der Waals surface area contributed by atoms with Gasteiger partial charge >= 0.3 is 0 Å². The smallest absolute Gasteiger partial charge is 0.0599 e. The highest BCUT2D eigenvalue weighted by Gasteiger charge is 2.21. The Labute approximate surface area is 116 Å². The number of benzene rings is 1. The summed E-state index contributed by atoms with van der Waals surface area (Å²) in [7, 11) is 2.05. The molecule has 0 spiro atoms. The number of nitrogens with one attached hydrogen (secondary N) is 1. The average Bonchev–Trinajstić information content (AvgIpc) is 2.48. The highest BCUT2D eigenvalue weighted by molar-refractivity contribution is 5.19. The normalized spacial score (nSPS) is 19.5. The van der Waals surface area contributed by atoms with E-state index in [0.717, 1.165) is 26.2 Å². The Kier molecular flexibility index (Phi) is 5.83. The van der Waals surface area contributed by atoms with Crippen LogP contribution < -0.4 is 5.32 Å². The van der Waals surface area contributed by atoms with E-state index in [1.165, 1.54) is 18.4 Å². The summed E-state index contributed by atoms with van der Waals surface area (Å²) in [5, 5.41) is 3.43. The minimum Gasteiger partial charge on any atom is -0.378 e. The lowest BCUT2D eigenvalue weighted by Gasteiger charge is -2.34. The third kappa shape index (κ3) is 4.30. The zero-order chi connectivity index (χ0) is 13.5. The molecule has 1 fully saturated rings. The van der Waals surface area contributed by atoms with E-state index in [1.54, 1.807) is 0 Å². The van der Waals surface area contributed by atoms with E-state index in [4.69, 9.17) is 4.74 Å². The van der Waals surface area contributed by atoms with Crippen molar-refractivity contribution in [2.24, 2.45) is 0 Å². The van der Waals surface area contributed by atoms with Crippen LogP contribution >= 0.6 is 0 Å². The van der Waals surface area contributed by atoms with E-state index in [0.29, 0.717) is 12.1 Å². The summed E-state index contributed by atoms with van der Waals surface area (Å²) in [6.45, 7) is 6.30. The first kappa shape index (κ1) is 14.5. The molecule has 1 unspecified atom stereocenters. The monoisotopic (exact) mass is 262 g/mol. The van der Waals surface area contributed by atoms with Gasteiger partial charge in [0, 0.05) is 32.3 Å². The third-order valence-electron chi connectivity index (χ3n) is 3.93. The molecule has 1 atom stereocenters. The van der Waals surface area contributed by atoms with Crippen LogP contribution in [0.2, 0.25) is 0 Å². The zero-order valence-electron chi connectivity index (χ0n) is 12.1. The average molecular weight is 262 g/mol. The molecule has 0 aliphatic carbocycles. The predicted octanol–water partition coefficient (Wildman–Crippen LogP) is 2.45. The van der Waals surface area contributed by atoms with Crippen molar-refractivity contribution in [3.05, 3.63) is 35.9 Å². The lowest BCUT2D eigenvalue weighted by atomic mass is 10.0. The Bertz CT molecular complexity index is 347. The van der Waals surface area contributed by atoms with Crippen LogP contribution in [0.1, 0.15) is 31.4 Å². The number of likely N-dealkylation sites (tertiary alicyclic amines) is 1. The lowest BCUT2D eigenvalue weighted by Crippen LogP contribution is -2.41. The molecule has 1 aromatic rings. The molecule has 106 valence electrons. The maximum Gasteiger partial charge on any atom is 0.0599 e. The Morgan fingerprint density at radius 3 is 2.53 bits per heavy atom. The molecule has 3 nitrogen and oxygen atoms in total.